The Hall–Kier alpha value is -0.610. The third kappa shape index (κ3) is 7.10. The lowest BCUT2D eigenvalue weighted by Gasteiger charge is -2.44. The van der Waals surface area contributed by atoms with Crippen molar-refractivity contribution in [1.29, 1.82) is 0 Å². The zero-order valence-corrected chi connectivity index (χ0v) is 15.6. The molecule has 1 N–H and O–H groups in total. The lowest BCUT2D eigenvalue weighted by molar-refractivity contribution is -0.123. The summed E-state index contributed by atoms with van der Waals surface area (Å²) in [6, 6.07) is 1.30. The summed E-state index contributed by atoms with van der Waals surface area (Å²) in [5, 5.41) is 2.99. The fourth-order valence-electron chi connectivity index (χ4n) is 3.45. The van der Waals surface area contributed by atoms with Crippen molar-refractivity contribution in [2.45, 2.75) is 78.9 Å². The van der Waals surface area contributed by atoms with Crippen LogP contribution in [0.3, 0.4) is 0 Å². The van der Waals surface area contributed by atoms with Gasteiger partial charge in [-0.3, -0.25) is 14.6 Å². The van der Waals surface area contributed by atoms with Crippen LogP contribution >= 0.6 is 0 Å². The van der Waals surface area contributed by atoms with Crippen molar-refractivity contribution in [2.75, 3.05) is 26.2 Å². The maximum Gasteiger partial charge on any atom is 0.234 e. The van der Waals surface area contributed by atoms with E-state index >= 15 is 0 Å². The van der Waals surface area contributed by atoms with Crippen LogP contribution in [0, 0.1) is 5.92 Å². The summed E-state index contributed by atoms with van der Waals surface area (Å²) >= 11 is 0. The van der Waals surface area contributed by atoms with E-state index in [2.05, 4.69) is 42.8 Å². The largest absolute Gasteiger partial charge is 0.353 e. The molecule has 1 heterocycles. The van der Waals surface area contributed by atoms with E-state index in [0.717, 1.165) is 19.0 Å². The Morgan fingerprint density at radius 3 is 2.18 bits per heavy atom. The molecule has 1 fully saturated rings. The Kier molecular flexibility index (Phi) is 8.40. The van der Waals surface area contributed by atoms with Gasteiger partial charge in [0, 0.05) is 31.2 Å². The number of nitrogens with one attached hydrogen (secondary N) is 1. The van der Waals surface area contributed by atoms with Gasteiger partial charge in [-0.25, -0.2) is 0 Å². The van der Waals surface area contributed by atoms with Crippen molar-refractivity contribution in [3.8, 4) is 0 Å². The molecular formula is C18H37N3O. The number of amides is 1. The number of hydrogen-bond donors (Lipinski definition) is 1. The van der Waals surface area contributed by atoms with Crippen molar-refractivity contribution in [1.82, 2.24) is 15.1 Å². The first kappa shape index (κ1) is 19.4. The van der Waals surface area contributed by atoms with Gasteiger partial charge in [0.2, 0.25) is 5.91 Å². The van der Waals surface area contributed by atoms with Crippen LogP contribution in [0.5, 0.6) is 0 Å². The molecule has 4 nitrogen and oxygen atoms in total. The average Bonchev–Trinajstić information content (AvgIpc) is 2.35. The van der Waals surface area contributed by atoms with Crippen molar-refractivity contribution < 1.29 is 4.79 Å². The van der Waals surface area contributed by atoms with E-state index in [1.165, 1.54) is 25.8 Å². The predicted molar refractivity (Wildman–Crippen MR) is 94.0 cm³/mol. The molecule has 22 heavy (non-hydrogen) atoms. The molecule has 1 rings (SSSR count). The Bertz CT molecular complexity index is 318. The lowest BCUT2D eigenvalue weighted by Crippen LogP contribution is -2.58. The molecule has 2 unspecified atom stereocenters. The standard InChI is InChI=1S/C18H37N3O/c1-14(2)9-7-8-10-21-16(5)11-20(12-17(21)6)13-18(22)19-15(3)4/h14-17H,7-13H2,1-6H3,(H,19,22). The maximum absolute atomic E-state index is 11.9. The van der Waals surface area contributed by atoms with E-state index in [1.54, 1.807) is 0 Å². The fourth-order valence-corrected chi connectivity index (χ4v) is 3.45. The smallest absolute Gasteiger partial charge is 0.234 e. The van der Waals surface area contributed by atoms with E-state index in [-0.39, 0.29) is 11.9 Å². The molecule has 0 bridgehead atoms. The third-order valence-electron chi connectivity index (χ3n) is 4.44. The second-order valence-corrected chi connectivity index (χ2v) is 7.74. The molecule has 0 spiro atoms. The highest BCUT2D eigenvalue weighted by Crippen LogP contribution is 2.17. The summed E-state index contributed by atoms with van der Waals surface area (Å²) in [5.74, 6) is 0.964. The van der Waals surface area contributed by atoms with Crippen LogP contribution in [0.4, 0.5) is 0 Å². The van der Waals surface area contributed by atoms with E-state index < -0.39 is 0 Å². The molecule has 1 aliphatic heterocycles. The third-order valence-corrected chi connectivity index (χ3v) is 4.44. The van der Waals surface area contributed by atoms with Crippen LogP contribution in [-0.4, -0.2) is 60.0 Å². The molecule has 0 aliphatic carbocycles. The van der Waals surface area contributed by atoms with E-state index in [4.69, 9.17) is 0 Å². The van der Waals surface area contributed by atoms with Crippen LogP contribution < -0.4 is 5.32 Å². The van der Waals surface area contributed by atoms with Gasteiger partial charge in [-0.05, 0) is 46.6 Å². The zero-order valence-electron chi connectivity index (χ0n) is 15.6. The molecule has 0 radical (unpaired) electrons. The van der Waals surface area contributed by atoms with Gasteiger partial charge >= 0.3 is 0 Å². The zero-order chi connectivity index (χ0) is 16.7. The van der Waals surface area contributed by atoms with Crippen LogP contribution in [0.2, 0.25) is 0 Å². The van der Waals surface area contributed by atoms with Gasteiger partial charge in [-0.15, -0.1) is 0 Å². The second kappa shape index (κ2) is 9.51. The van der Waals surface area contributed by atoms with Crippen LogP contribution in [0.25, 0.3) is 0 Å². The number of carbonyl (C=O) groups excluding carboxylic acids is 1. The highest BCUT2D eigenvalue weighted by Gasteiger charge is 2.29. The summed E-state index contributed by atoms with van der Waals surface area (Å²) in [6.45, 7) is 16.9. The fraction of sp³-hybridized carbons (Fsp3) is 0.944. The first-order valence-electron chi connectivity index (χ1n) is 9.07. The Morgan fingerprint density at radius 2 is 1.68 bits per heavy atom. The number of rotatable bonds is 8. The summed E-state index contributed by atoms with van der Waals surface area (Å²) in [7, 11) is 0. The molecule has 0 aromatic heterocycles. The molecule has 1 amide bonds. The molecule has 0 aromatic carbocycles. The number of piperazine rings is 1. The minimum atomic E-state index is 0.153. The van der Waals surface area contributed by atoms with Crippen LogP contribution in [-0.2, 0) is 4.79 Å². The summed E-state index contributed by atoms with van der Waals surface area (Å²) in [6.07, 6.45) is 3.95. The van der Waals surface area contributed by atoms with Gasteiger partial charge in [-0.1, -0.05) is 26.7 Å². The lowest BCUT2D eigenvalue weighted by atomic mass is 10.0. The van der Waals surface area contributed by atoms with Crippen molar-refractivity contribution in [3.05, 3.63) is 0 Å². The van der Waals surface area contributed by atoms with Gasteiger partial charge in [0.1, 0.15) is 0 Å². The minimum Gasteiger partial charge on any atom is -0.353 e. The first-order valence-corrected chi connectivity index (χ1v) is 9.07. The van der Waals surface area contributed by atoms with Crippen molar-refractivity contribution >= 4 is 5.91 Å². The van der Waals surface area contributed by atoms with Crippen LogP contribution in [0.1, 0.15) is 60.8 Å². The Labute approximate surface area is 137 Å². The SMILES string of the molecule is CC(C)CCCCN1C(C)CN(CC(=O)NC(C)C)CC1C. The molecule has 2 atom stereocenters. The summed E-state index contributed by atoms with van der Waals surface area (Å²) in [5.41, 5.74) is 0. The minimum absolute atomic E-state index is 0.153. The van der Waals surface area contributed by atoms with Gasteiger partial charge in [0.05, 0.1) is 6.54 Å². The normalized spacial score (nSPS) is 24.2. The number of unbranched alkanes of at least 4 members (excludes halogenated alkanes) is 1. The molecular weight excluding hydrogens is 274 g/mol. The van der Waals surface area contributed by atoms with E-state index in [1.807, 2.05) is 13.8 Å². The molecule has 4 heteroatoms. The number of nitrogens with zero attached hydrogens (tertiary/aromatic N) is 2. The number of hydrogen-bond acceptors (Lipinski definition) is 3. The topological polar surface area (TPSA) is 35.6 Å². The molecule has 0 saturated carbocycles. The second-order valence-electron chi connectivity index (χ2n) is 7.74. The van der Waals surface area contributed by atoms with Gasteiger partial charge in [-0.2, -0.15) is 0 Å². The number of carbonyl (C=O) groups is 1. The van der Waals surface area contributed by atoms with Crippen molar-refractivity contribution in [3.63, 3.8) is 0 Å². The molecule has 130 valence electrons. The Balaban J connectivity index is 2.35. The van der Waals surface area contributed by atoms with Crippen molar-refractivity contribution in [2.24, 2.45) is 5.92 Å². The van der Waals surface area contributed by atoms with E-state index in [9.17, 15) is 4.79 Å². The highest BCUT2D eigenvalue weighted by molar-refractivity contribution is 5.78. The predicted octanol–water partition coefficient (Wildman–Crippen LogP) is 2.73. The maximum atomic E-state index is 11.9. The van der Waals surface area contributed by atoms with Gasteiger partial charge in [0.15, 0.2) is 0 Å². The first-order chi connectivity index (χ1) is 10.3. The van der Waals surface area contributed by atoms with Gasteiger partial charge < -0.3 is 5.32 Å². The van der Waals surface area contributed by atoms with E-state index in [0.29, 0.717) is 18.6 Å². The summed E-state index contributed by atoms with van der Waals surface area (Å²) < 4.78 is 0. The highest BCUT2D eigenvalue weighted by atomic mass is 16.2. The summed E-state index contributed by atoms with van der Waals surface area (Å²) in [4.78, 5) is 16.9. The Morgan fingerprint density at radius 1 is 1.09 bits per heavy atom. The monoisotopic (exact) mass is 311 g/mol. The molecule has 1 aliphatic rings. The molecule has 1 saturated heterocycles. The average molecular weight is 312 g/mol. The quantitative estimate of drug-likeness (QED) is 0.700. The molecule has 0 aromatic rings. The van der Waals surface area contributed by atoms with Gasteiger partial charge in [0.25, 0.3) is 0 Å². The van der Waals surface area contributed by atoms with Crippen LogP contribution in [0.15, 0.2) is 0 Å².